The summed E-state index contributed by atoms with van der Waals surface area (Å²) in [6.07, 6.45) is 3.74. The van der Waals surface area contributed by atoms with Crippen LogP contribution in [-0.2, 0) is 4.79 Å². The van der Waals surface area contributed by atoms with Crippen LogP contribution in [0.25, 0.3) is 0 Å². The molecule has 0 aromatic heterocycles. The molecule has 0 radical (unpaired) electrons. The molecule has 1 unspecified atom stereocenters. The second-order valence-electron chi connectivity index (χ2n) is 2.28. The molecule has 1 rings (SSSR count). The fourth-order valence-corrected chi connectivity index (χ4v) is 0.910. The molecule has 1 saturated carbocycles. The molecule has 9 heavy (non-hydrogen) atoms. The van der Waals surface area contributed by atoms with Crippen molar-refractivity contribution in [1.82, 2.24) is 0 Å². The van der Waals surface area contributed by atoms with Gasteiger partial charge in [-0.05, 0) is 12.8 Å². The van der Waals surface area contributed by atoms with E-state index in [4.69, 9.17) is 5.11 Å². The quantitative estimate of drug-likeness (QED) is 0.568. The molecular weight excluding hydrogens is 116 g/mol. The van der Waals surface area contributed by atoms with E-state index in [1.165, 1.54) is 0 Å². The van der Waals surface area contributed by atoms with Gasteiger partial charge in [-0.2, -0.15) is 0 Å². The van der Waals surface area contributed by atoms with Gasteiger partial charge >= 0.3 is 5.97 Å². The normalized spacial score (nSPS) is 28.6. The maximum Gasteiger partial charge on any atom is 0.310 e. The first-order valence-corrected chi connectivity index (χ1v) is 3.17. The van der Waals surface area contributed by atoms with E-state index in [-0.39, 0.29) is 5.92 Å². The monoisotopic (exact) mass is 126 g/mol. The Kier molecular flexibility index (Phi) is 1.56. The zero-order valence-electron chi connectivity index (χ0n) is 5.42. The van der Waals surface area contributed by atoms with Crippen molar-refractivity contribution in [3.8, 4) is 0 Å². The first kappa shape index (κ1) is 6.33. The van der Waals surface area contributed by atoms with Gasteiger partial charge in [0.2, 0.25) is 0 Å². The number of aliphatic carboxylic acids is 1. The average Bonchev–Trinajstić information content (AvgIpc) is 2.47. The lowest BCUT2D eigenvalue weighted by Crippen LogP contribution is -1.95. The molecule has 50 valence electrons. The smallest absolute Gasteiger partial charge is 0.310 e. The van der Waals surface area contributed by atoms with Crippen molar-refractivity contribution in [3.05, 3.63) is 11.6 Å². The number of hydrogen-bond donors (Lipinski definition) is 1. The molecule has 1 aliphatic carbocycles. The van der Waals surface area contributed by atoms with Crippen LogP contribution < -0.4 is 0 Å². The summed E-state index contributed by atoms with van der Waals surface area (Å²) in [5.41, 5.74) is 1.10. The number of allylic oxidation sites excluding steroid dienone is 1. The van der Waals surface area contributed by atoms with Crippen molar-refractivity contribution in [1.29, 1.82) is 0 Å². The van der Waals surface area contributed by atoms with Crippen LogP contribution in [-0.4, -0.2) is 11.1 Å². The Morgan fingerprint density at radius 1 is 2.00 bits per heavy atom. The van der Waals surface area contributed by atoms with Crippen molar-refractivity contribution in [2.45, 2.75) is 19.8 Å². The third kappa shape index (κ3) is 1.31. The Morgan fingerprint density at radius 3 is 3.00 bits per heavy atom. The van der Waals surface area contributed by atoms with Gasteiger partial charge in [-0.3, -0.25) is 4.79 Å². The maximum atomic E-state index is 10.2. The molecule has 0 aromatic carbocycles. The van der Waals surface area contributed by atoms with Gasteiger partial charge < -0.3 is 5.11 Å². The van der Waals surface area contributed by atoms with Gasteiger partial charge in [-0.25, -0.2) is 0 Å². The van der Waals surface area contributed by atoms with Crippen molar-refractivity contribution in [2.75, 3.05) is 0 Å². The second-order valence-corrected chi connectivity index (χ2v) is 2.28. The van der Waals surface area contributed by atoms with Crippen LogP contribution in [0, 0.1) is 5.92 Å². The zero-order valence-corrected chi connectivity index (χ0v) is 5.42. The van der Waals surface area contributed by atoms with Gasteiger partial charge in [0.05, 0.1) is 5.92 Å². The SMILES string of the molecule is CCC=C1CC1C(=O)O. The van der Waals surface area contributed by atoms with Crippen LogP contribution in [0.4, 0.5) is 0 Å². The van der Waals surface area contributed by atoms with Crippen LogP contribution in [0.1, 0.15) is 19.8 Å². The molecule has 2 heteroatoms. The Labute approximate surface area is 54.2 Å². The molecule has 1 aliphatic rings. The van der Waals surface area contributed by atoms with E-state index in [0.29, 0.717) is 0 Å². The van der Waals surface area contributed by atoms with Crippen LogP contribution in [0.2, 0.25) is 0 Å². The van der Waals surface area contributed by atoms with Crippen LogP contribution in [0.3, 0.4) is 0 Å². The Hall–Kier alpha value is -0.790. The fraction of sp³-hybridized carbons (Fsp3) is 0.571. The van der Waals surface area contributed by atoms with Gasteiger partial charge in [-0.15, -0.1) is 0 Å². The van der Waals surface area contributed by atoms with Gasteiger partial charge in [0.15, 0.2) is 0 Å². The van der Waals surface area contributed by atoms with E-state index < -0.39 is 5.97 Å². The van der Waals surface area contributed by atoms with Gasteiger partial charge in [0.1, 0.15) is 0 Å². The molecule has 0 bridgehead atoms. The first-order valence-electron chi connectivity index (χ1n) is 3.17. The maximum absolute atomic E-state index is 10.2. The lowest BCUT2D eigenvalue weighted by atomic mass is 10.3. The second kappa shape index (κ2) is 2.21. The molecule has 0 aliphatic heterocycles. The highest BCUT2D eigenvalue weighted by molar-refractivity contribution is 5.79. The summed E-state index contributed by atoms with van der Waals surface area (Å²) < 4.78 is 0. The Morgan fingerprint density at radius 2 is 2.67 bits per heavy atom. The molecular formula is C7H10O2. The van der Waals surface area contributed by atoms with E-state index in [1.807, 2.05) is 13.0 Å². The van der Waals surface area contributed by atoms with E-state index >= 15 is 0 Å². The van der Waals surface area contributed by atoms with E-state index in [2.05, 4.69) is 0 Å². The van der Waals surface area contributed by atoms with Gasteiger partial charge in [0, 0.05) is 0 Å². The molecule has 1 atom stereocenters. The van der Waals surface area contributed by atoms with Gasteiger partial charge in [0.25, 0.3) is 0 Å². The van der Waals surface area contributed by atoms with Crippen molar-refractivity contribution < 1.29 is 9.90 Å². The molecule has 0 saturated heterocycles. The highest BCUT2D eigenvalue weighted by Gasteiger charge is 2.35. The standard InChI is InChI=1S/C7H10O2/c1-2-3-5-4-6(5)7(8)9/h3,6H,2,4H2,1H3,(H,8,9). The summed E-state index contributed by atoms with van der Waals surface area (Å²) in [6.45, 7) is 2.02. The van der Waals surface area contributed by atoms with E-state index in [1.54, 1.807) is 0 Å². The number of carbonyl (C=O) groups is 1. The number of rotatable bonds is 2. The third-order valence-corrected chi connectivity index (χ3v) is 1.49. The minimum absolute atomic E-state index is 0.134. The Bertz CT molecular complexity index is 158. The van der Waals surface area contributed by atoms with Crippen molar-refractivity contribution >= 4 is 5.97 Å². The fourth-order valence-electron chi connectivity index (χ4n) is 0.910. The summed E-state index contributed by atoms with van der Waals surface area (Å²) in [7, 11) is 0. The molecule has 0 spiro atoms. The number of carboxylic acid groups (broad SMARTS) is 1. The van der Waals surface area contributed by atoms with Crippen molar-refractivity contribution in [3.63, 3.8) is 0 Å². The predicted molar refractivity (Wildman–Crippen MR) is 34.1 cm³/mol. The minimum atomic E-state index is -0.672. The van der Waals surface area contributed by atoms with Crippen molar-refractivity contribution in [2.24, 2.45) is 5.92 Å². The number of carboxylic acids is 1. The Balaban J connectivity index is 2.41. The van der Waals surface area contributed by atoms with Crippen LogP contribution >= 0.6 is 0 Å². The zero-order chi connectivity index (χ0) is 6.85. The van der Waals surface area contributed by atoms with E-state index in [9.17, 15) is 4.79 Å². The molecule has 1 N–H and O–H groups in total. The summed E-state index contributed by atoms with van der Waals surface area (Å²) in [6, 6.07) is 0. The van der Waals surface area contributed by atoms with E-state index in [0.717, 1.165) is 18.4 Å². The third-order valence-electron chi connectivity index (χ3n) is 1.49. The first-order chi connectivity index (χ1) is 4.25. The summed E-state index contributed by atoms with van der Waals surface area (Å²) in [4.78, 5) is 10.2. The van der Waals surface area contributed by atoms with Crippen LogP contribution in [0.15, 0.2) is 11.6 Å². The topological polar surface area (TPSA) is 37.3 Å². The predicted octanol–water partition coefficient (Wildman–Crippen LogP) is 1.43. The molecule has 0 heterocycles. The molecule has 1 fully saturated rings. The summed E-state index contributed by atoms with van der Waals surface area (Å²) in [5.74, 6) is -0.806. The molecule has 0 aromatic rings. The summed E-state index contributed by atoms with van der Waals surface area (Å²) in [5, 5.41) is 8.41. The lowest BCUT2D eigenvalue weighted by molar-refractivity contribution is -0.138. The number of hydrogen-bond acceptors (Lipinski definition) is 1. The summed E-state index contributed by atoms with van der Waals surface area (Å²) >= 11 is 0. The average molecular weight is 126 g/mol. The highest BCUT2D eigenvalue weighted by Crippen LogP contribution is 2.37. The molecule has 0 amide bonds. The highest BCUT2D eigenvalue weighted by atomic mass is 16.4. The van der Waals surface area contributed by atoms with Crippen LogP contribution in [0.5, 0.6) is 0 Å². The minimum Gasteiger partial charge on any atom is -0.481 e. The lowest BCUT2D eigenvalue weighted by Gasteiger charge is -1.79. The molecule has 2 nitrogen and oxygen atoms in total. The van der Waals surface area contributed by atoms with Gasteiger partial charge in [-0.1, -0.05) is 18.6 Å². The largest absolute Gasteiger partial charge is 0.481 e.